The molecule has 0 saturated carbocycles. The quantitative estimate of drug-likeness (QED) is 0.829. The van der Waals surface area contributed by atoms with Crippen molar-refractivity contribution in [2.75, 3.05) is 13.1 Å². The van der Waals surface area contributed by atoms with Crippen molar-refractivity contribution in [1.82, 2.24) is 10.5 Å². The molecule has 1 atom stereocenters. The molecule has 2 heterocycles. The first kappa shape index (κ1) is 10.4. The largest absolute Gasteiger partial charge is 0.508 e. The van der Waals surface area contributed by atoms with Gasteiger partial charge >= 0.3 is 0 Å². The first-order chi connectivity index (χ1) is 8.34. The predicted octanol–water partition coefficient (Wildman–Crippen LogP) is 2.12. The molecule has 4 nitrogen and oxygen atoms in total. The van der Waals surface area contributed by atoms with E-state index < -0.39 is 0 Å². The van der Waals surface area contributed by atoms with E-state index in [1.165, 1.54) is 0 Å². The van der Waals surface area contributed by atoms with Crippen LogP contribution in [0.4, 0.5) is 0 Å². The first-order valence-corrected chi connectivity index (χ1v) is 5.79. The molecule has 3 rings (SSSR count). The van der Waals surface area contributed by atoms with E-state index in [2.05, 4.69) is 10.5 Å². The Morgan fingerprint density at radius 3 is 3.12 bits per heavy atom. The zero-order chi connectivity index (χ0) is 11.7. The monoisotopic (exact) mass is 230 g/mol. The molecule has 2 aromatic rings. The van der Waals surface area contributed by atoms with Crippen LogP contribution < -0.4 is 5.32 Å². The highest BCUT2D eigenvalue weighted by Gasteiger charge is 2.24. The fourth-order valence-corrected chi connectivity index (χ4v) is 2.31. The number of nitrogens with one attached hydrogen (secondary N) is 1. The zero-order valence-corrected chi connectivity index (χ0v) is 9.39. The molecule has 88 valence electrons. The van der Waals surface area contributed by atoms with E-state index in [-0.39, 0.29) is 5.75 Å². The molecule has 0 aliphatic carbocycles. The molecule has 2 N–H and O–H groups in total. The van der Waals surface area contributed by atoms with Crippen molar-refractivity contribution < 1.29 is 9.63 Å². The zero-order valence-electron chi connectivity index (χ0n) is 9.39. The number of phenolic OH excluding ortho intramolecular Hbond substituents is 1. The van der Waals surface area contributed by atoms with Crippen molar-refractivity contribution >= 4 is 0 Å². The van der Waals surface area contributed by atoms with E-state index in [9.17, 15) is 5.11 Å². The number of hydrogen-bond acceptors (Lipinski definition) is 4. The Bertz CT molecular complexity index is 516. The lowest BCUT2D eigenvalue weighted by molar-refractivity contribution is 0.366. The SMILES string of the molecule is Oc1cccc(-c2cnoc2C2CCNC2)c1. The Morgan fingerprint density at radius 1 is 1.41 bits per heavy atom. The fourth-order valence-electron chi connectivity index (χ4n) is 2.31. The normalized spacial score (nSPS) is 19.6. The molecule has 1 aromatic carbocycles. The fraction of sp³-hybridized carbons (Fsp3) is 0.308. The summed E-state index contributed by atoms with van der Waals surface area (Å²) in [6.45, 7) is 1.95. The van der Waals surface area contributed by atoms with Crippen LogP contribution in [0.5, 0.6) is 5.75 Å². The number of hydrogen-bond donors (Lipinski definition) is 2. The van der Waals surface area contributed by atoms with Crippen LogP contribution in [-0.4, -0.2) is 23.4 Å². The first-order valence-electron chi connectivity index (χ1n) is 5.79. The lowest BCUT2D eigenvalue weighted by atomic mass is 9.98. The summed E-state index contributed by atoms with van der Waals surface area (Å²) in [7, 11) is 0. The summed E-state index contributed by atoms with van der Waals surface area (Å²) in [5, 5.41) is 16.7. The van der Waals surface area contributed by atoms with E-state index in [4.69, 9.17) is 4.52 Å². The number of rotatable bonds is 2. The molecule has 1 unspecified atom stereocenters. The Labute approximate surface area is 99.3 Å². The number of aromatic hydroxyl groups is 1. The van der Waals surface area contributed by atoms with E-state index in [0.29, 0.717) is 5.92 Å². The topological polar surface area (TPSA) is 58.3 Å². The summed E-state index contributed by atoms with van der Waals surface area (Å²) in [6, 6.07) is 7.18. The smallest absolute Gasteiger partial charge is 0.148 e. The number of phenols is 1. The van der Waals surface area contributed by atoms with Gasteiger partial charge in [-0.2, -0.15) is 0 Å². The molecule has 0 amide bonds. The highest BCUT2D eigenvalue weighted by atomic mass is 16.5. The van der Waals surface area contributed by atoms with Crippen LogP contribution in [0.1, 0.15) is 18.1 Å². The van der Waals surface area contributed by atoms with Crippen LogP contribution in [0.15, 0.2) is 35.0 Å². The summed E-state index contributed by atoms with van der Waals surface area (Å²) in [4.78, 5) is 0. The third-order valence-electron chi connectivity index (χ3n) is 3.19. The van der Waals surface area contributed by atoms with Gasteiger partial charge in [0.05, 0.1) is 6.20 Å². The molecular formula is C13H14N2O2. The van der Waals surface area contributed by atoms with Gasteiger partial charge in [0.1, 0.15) is 11.5 Å². The molecule has 1 aliphatic heterocycles. The number of aromatic nitrogens is 1. The van der Waals surface area contributed by atoms with Gasteiger partial charge in [-0.15, -0.1) is 0 Å². The van der Waals surface area contributed by atoms with Gasteiger partial charge in [-0.3, -0.25) is 0 Å². The summed E-state index contributed by atoms with van der Waals surface area (Å²) >= 11 is 0. The van der Waals surface area contributed by atoms with E-state index >= 15 is 0 Å². The minimum Gasteiger partial charge on any atom is -0.508 e. The Balaban J connectivity index is 2.00. The van der Waals surface area contributed by atoms with Crippen LogP contribution in [0, 0.1) is 0 Å². The third-order valence-corrected chi connectivity index (χ3v) is 3.19. The average Bonchev–Trinajstić information content (AvgIpc) is 3.00. The molecule has 0 bridgehead atoms. The average molecular weight is 230 g/mol. The van der Waals surface area contributed by atoms with Crippen molar-refractivity contribution in [1.29, 1.82) is 0 Å². The van der Waals surface area contributed by atoms with Crippen LogP contribution in [0.25, 0.3) is 11.1 Å². The number of benzene rings is 1. The summed E-state index contributed by atoms with van der Waals surface area (Å²) in [5.74, 6) is 1.56. The van der Waals surface area contributed by atoms with Gasteiger partial charge in [0, 0.05) is 18.0 Å². The van der Waals surface area contributed by atoms with E-state index in [1.54, 1.807) is 18.3 Å². The van der Waals surface area contributed by atoms with Crippen molar-refractivity contribution in [2.45, 2.75) is 12.3 Å². The molecule has 1 aliphatic rings. The van der Waals surface area contributed by atoms with Gasteiger partial charge in [-0.25, -0.2) is 0 Å². The molecule has 17 heavy (non-hydrogen) atoms. The molecular weight excluding hydrogens is 216 g/mol. The molecule has 0 spiro atoms. The summed E-state index contributed by atoms with van der Waals surface area (Å²) in [6.07, 6.45) is 2.80. The molecule has 1 saturated heterocycles. The second kappa shape index (κ2) is 4.22. The predicted molar refractivity (Wildman–Crippen MR) is 63.8 cm³/mol. The minimum absolute atomic E-state index is 0.263. The van der Waals surface area contributed by atoms with Crippen LogP contribution >= 0.6 is 0 Å². The third kappa shape index (κ3) is 1.91. The maximum atomic E-state index is 9.50. The van der Waals surface area contributed by atoms with Crippen molar-refractivity contribution in [3.05, 3.63) is 36.2 Å². The second-order valence-corrected chi connectivity index (χ2v) is 4.34. The van der Waals surface area contributed by atoms with Gasteiger partial charge in [-0.1, -0.05) is 17.3 Å². The van der Waals surface area contributed by atoms with Crippen LogP contribution in [0.3, 0.4) is 0 Å². The standard InChI is InChI=1S/C13H14N2O2/c16-11-3-1-2-9(6-11)12-8-15-17-13(12)10-4-5-14-7-10/h1-3,6,8,10,14,16H,4-5,7H2. The highest BCUT2D eigenvalue weighted by Crippen LogP contribution is 2.33. The summed E-state index contributed by atoms with van der Waals surface area (Å²) < 4.78 is 5.37. The van der Waals surface area contributed by atoms with Crippen molar-refractivity contribution in [2.24, 2.45) is 0 Å². The maximum absolute atomic E-state index is 9.50. The lowest BCUT2D eigenvalue weighted by Crippen LogP contribution is -2.07. The maximum Gasteiger partial charge on any atom is 0.148 e. The van der Waals surface area contributed by atoms with Gasteiger partial charge in [0.15, 0.2) is 0 Å². The lowest BCUT2D eigenvalue weighted by Gasteiger charge is -2.07. The Kier molecular flexibility index (Phi) is 2.57. The van der Waals surface area contributed by atoms with Crippen LogP contribution in [-0.2, 0) is 0 Å². The molecule has 1 aromatic heterocycles. The van der Waals surface area contributed by atoms with Crippen molar-refractivity contribution in [3.8, 4) is 16.9 Å². The van der Waals surface area contributed by atoms with E-state index in [1.807, 2.05) is 12.1 Å². The highest BCUT2D eigenvalue weighted by molar-refractivity contribution is 5.66. The summed E-state index contributed by atoms with van der Waals surface area (Å²) in [5.41, 5.74) is 1.93. The second-order valence-electron chi connectivity index (χ2n) is 4.34. The molecule has 0 radical (unpaired) electrons. The van der Waals surface area contributed by atoms with Gasteiger partial charge < -0.3 is 14.9 Å². The van der Waals surface area contributed by atoms with Gasteiger partial charge in [0.25, 0.3) is 0 Å². The van der Waals surface area contributed by atoms with E-state index in [0.717, 1.165) is 36.4 Å². The minimum atomic E-state index is 0.263. The van der Waals surface area contributed by atoms with Gasteiger partial charge in [0.2, 0.25) is 0 Å². The van der Waals surface area contributed by atoms with Crippen LogP contribution in [0.2, 0.25) is 0 Å². The number of nitrogens with zero attached hydrogens (tertiary/aromatic N) is 1. The van der Waals surface area contributed by atoms with Gasteiger partial charge in [-0.05, 0) is 30.7 Å². The molecule has 4 heteroatoms. The Hall–Kier alpha value is -1.81. The molecule has 1 fully saturated rings. The van der Waals surface area contributed by atoms with Crippen molar-refractivity contribution in [3.63, 3.8) is 0 Å². The Morgan fingerprint density at radius 2 is 2.35 bits per heavy atom.